The molecule has 1 aliphatic heterocycles. The van der Waals surface area contributed by atoms with Crippen molar-refractivity contribution in [1.82, 2.24) is 10.3 Å². The van der Waals surface area contributed by atoms with Crippen LogP contribution >= 0.6 is 24.8 Å². The van der Waals surface area contributed by atoms with E-state index in [-0.39, 0.29) is 24.8 Å². The zero-order valence-corrected chi connectivity index (χ0v) is 10.7. The molecule has 1 fully saturated rings. The minimum Gasteiger partial charge on any atom is -0.492 e. The van der Waals surface area contributed by atoms with Crippen LogP contribution < -0.4 is 10.1 Å². The van der Waals surface area contributed by atoms with E-state index in [0.717, 1.165) is 25.4 Å². The van der Waals surface area contributed by atoms with Gasteiger partial charge in [0.2, 0.25) is 0 Å². The molecule has 1 N–H and O–H groups in total. The predicted molar refractivity (Wildman–Crippen MR) is 69.8 cm³/mol. The van der Waals surface area contributed by atoms with Gasteiger partial charge in [0.15, 0.2) is 0 Å². The first-order valence-corrected chi connectivity index (χ1v) is 5.19. The Hall–Kier alpha value is -0.510. The second-order valence-electron chi connectivity index (χ2n) is 3.71. The van der Waals surface area contributed by atoms with E-state index in [1.54, 1.807) is 12.4 Å². The quantitative estimate of drug-likeness (QED) is 0.910. The van der Waals surface area contributed by atoms with Crippen molar-refractivity contribution in [3.05, 3.63) is 24.5 Å². The van der Waals surface area contributed by atoms with Gasteiger partial charge in [-0.1, -0.05) is 0 Å². The molecular formula is C11H18Cl2N2O. The second-order valence-corrected chi connectivity index (χ2v) is 3.71. The number of pyridine rings is 1. The molecule has 2 heterocycles. The van der Waals surface area contributed by atoms with Crippen molar-refractivity contribution in [2.75, 3.05) is 19.7 Å². The second kappa shape index (κ2) is 8.62. The van der Waals surface area contributed by atoms with Gasteiger partial charge in [-0.3, -0.25) is 4.98 Å². The molecule has 1 aromatic rings. The van der Waals surface area contributed by atoms with Crippen LogP contribution in [-0.4, -0.2) is 24.7 Å². The number of halogens is 2. The van der Waals surface area contributed by atoms with Crippen LogP contribution in [0.2, 0.25) is 0 Å². The van der Waals surface area contributed by atoms with Crippen LogP contribution in [0.1, 0.15) is 12.8 Å². The van der Waals surface area contributed by atoms with E-state index < -0.39 is 0 Å². The molecule has 1 unspecified atom stereocenters. The molecule has 3 nitrogen and oxygen atoms in total. The van der Waals surface area contributed by atoms with Gasteiger partial charge in [0, 0.05) is 18.7 Å². The molecule has 5 heteroatoms. The van der Waals surface area contributed by atoms with Crippen LogP contribution in [0.4, 0.5) is 0 Å². The van der Waals surface area contributed by atoms with Gasteiger partial charge in [-0.2, -0.15) is 0 Å². The van der Waals surface area contributed by atoms with E-state index in [1.165, 1.54) is 12.8 Å². The Balaban J connectivity index is 0.00000112. The van der Waals surface area contributed by atoms with Crippen LogP contribution in [0.25, 0.3) is 0 Å². The van der Waals surface area contributed by atoms with E-state index in [0.29, 0.717) is 5.92 Å². The maximum absolute atomic E-state index is 5.64. The van der Waals surface area contributed by atoms with Gasteiger partial charge >= 0.3 is 0 Å². The van der Waals surface area contributed by atoms with Gasteiger partial charge in [0.1, 0.15) is 5.75 Å². The van der Waals surface area contributed by atoms with Crippen LogP contribution in [0, 0.1) is 5.92 Å². The third kappa shape index (κ3) is 5.01. The van der Waals surface area contributed by atoms with E-state index in [4.69, 9.17) is 4.74 Å². The van der Waals surface area contributed by atoms with E-state index in [9.17, 15) is 0 Å². The molecule has 0 aliphatic carbocycles. The summed E-state index contributed by atoms with van der Waals surface area (Å²) in [4.78, 5) is 4.01. The first-order chi connectivity index (χ1) is 6.95. The molecule has 0 saturated carbocycles. The fourth-order valence-corrected chi connectivity index (χ4v) is 1.71. The molecule has 1 atom stereocenters. The van der Waals surface area contributed by atoms with Gasteiger partial charge in [-0.25, -0.2) is 0 Å². The molecule has 0 aromatic carbocycles. The number of rotatable bonds is 3. The Morgan fingerprint density at radius 1 is 1.44 bits per heavy atom. The summed E-state index contributed by atoms with van der Waals surface area (Å²) in [6.07, 6.45) is 6.06. The number of ether oxygens (including phenoxy) is 1. The van der Waals surface area contributed by atoms with Crippen molar-refractivity contribution in [1.29, 1.82) is 0 Å². The number of hydrogen-bond acceptors (Lipinski definition) is 3. The third-order valence-electron chi connectivity index (χ3n) is 2.52. The smallest absolute Gasteiger partial charge is 0.137 e. The summed E-state index contributed by atoms with van der Waals surface area (Å²) in [7, 11) is 0. The Morgan fingerprint density at radius 2 is 2.31 bits per heavy atom. The maximum atomic E-state index is 5.64. The maximum Gasteiger partial charge on any atom is 0.137 e. The highest BCUT2D eigenvalue weighted by atomic mass is 35.5. The molecule has 0 bridgehead atoms. The highest BCUT2D eigenvalue weighted by Crippen LogP contribution is 2.13. The molecule has 92 valence electrons. The zero-order chi connectivity index (χ0) is 9.64. The monoisotopic (exact) mass is 264 g/mol. The summed E-state index contributed by atoms with van der Waals surface area (Å²) in [5.74, 6) is 1.53. The normalized spacial score (nSPS) is 19.1. The van der Waals surface area contributed by atoms with Gasteiger partial charge in [0.25, 0.3) is 0 Å². The summed E-state index contributed by atoms with van der Waals surface area (Å²) >= 11 is 0. The average molecular weight is 265 g/mol. The third-order valence-corrected chi connectivity index (χ3v) is 2.52. The van der Waals surface area contributed by atoms with Gasteiger partial charge < -0.3 is 10.1 Å². The number of hydrogen-bond donors (Lipinski definition) is 1. The highest BCUT2D eigenvalue weighted by molar-refractivity contribution is 5.85. The number of piperidine rings is 1. The van der Waals surface area contributed by atoms with Gasteiger partial charge in [-0.15, -0.1) is 24.8 Å². The fraction of sp³-hybridized carbons (Fsp3) is 0.545. The lowest BCUT2D eigenvalue weighted by molar-refractivity contribution is 0.218. The van der Waals surface area contributed by atoms with Crippen LogP contribution in [0.5, 0.6) is 5.75 Å². The number of nitrogens with one attached hydrogen (secondary N) is 1. The molecule has 1 aromatic heterocycles. The first kappa shape index (κ1) is 15.5. The van der Waals surface area contributed by atoms with Crippen molar-refractivity contribution < 1.29 is 4.74 Å². The fourth-order valence-electron chi connectivity index (χ4n) is 1.71. The zero-order valence-electron chi connectivity index (χ0n) is 9.09. The van der Waals surface area contributed by atoms with Gasteiger partial charge in [-0.05, 0) is 31.5 Å². The molecule has 0 amide bonds. The van der Waals surface area contributed by atoms with Crippen molar-refractivity contribution in [2.45, 2.75) is 12.8 Å². The minimum absolute atomic E-state index is 0. The van der Waals surface area contributed by atoms with E-state index >= 15 is 0 Å². The van der Waals surface area contributed by atoms with Crippen LogP contribution in [0.3, 0.4) is 0 Å². The average Bonchev–Trinajstić information content (AvgIpc) is 2.29. The lowest BCUT2D eigenvalue weighted by Crippen LogP contribution is -2.33. The molecule has 0 radical (unpaired) electrons. The molecule has 0 spiro atoms. The Kier molecular flexibility index (Phi) is 8.35. The summed E-state index contributed by atoms with van der Waals surface area (Å²) in [5.41, 5.74) is 0. The van der Waals surface area contributed by atoms with Gasteiger partial charge in [0.05, 0.1) is 12.8 Å². The van der Waals surface area contributed by atoms with Crippen LogP contribution in [0.15, 0.2) is 24.5 Å². The number of nitrogens with zero attached hydrogens (tertiary/aromatic N) is 1. The SMILES string of the molecule is Cl.Cl.c1cncc(OCC2CCCNC2)c1. The molecule has 1 saturated heterocycles. The van der Waals surface area contributed by atoms with Crippen molar-refractivity contribution in [2.24, 2.45) is 5.92 Å². The lowest BCUT2D eigenvalue weighted by Gasteiger charge is -2.22. The number of aromatic nitrogens is 1. The minimum atomic E-state index is 0. The Labute approximate surface area is 109 Å². The summed E-state index contributed by atoms with van der Waals surface area (Å²) < 4.78 is 5.64. The standard InChI is InChI=1S/C11H16N2O.2ClH/c1-3-10(7-12-5-1)9-14-11-4-2-6-13-8-11;;/h2,4,6,8,10,12H,1,3,5,7,9H2;2*1H. The summed E-state index contributed by atoms with van der Waals surface area (Å²) in [6, 6.07) is 3.84. The Morgan fingerprint density at radius 3 is 2.94 bits per heavy atom. The summed E-state index contributed by atoms with van der Waals surface area (Å²) in [6.45, 7) is 3.04. The van der Waals surface area contributed by atoms with E-state index in [1.807, 2.05) is 12.1 Å². The van der Waals surface area contributed by atoms with Crippen molar-refractivity contribution in [3.63, 3.8) is 0 Å². The lowest BCUT2D eigenvalue weighted by atomic mass is 10.0. The van der Waals surface area contributed by atoms with Crippen molar-refractivity contribution >= 4 is 24.8 Å². The molecular weight excluding hydrogens is 247 g/mol. The predicted octanol–water partition coefficient (Wildman–Crippen LogP) is 2.30. The Bertz CT molecular complexity index is 266. The van der Waals surface area contributed by atoms with E-state index in [2.05, 4.69) is 10.3 Å². The summed E-state index contributed by atoms with van der Waals surface area (Å²) in [5, 5.41) is 3.38. The first-order valence-electron chi connectivity index (χ1n) is 5.19. The molecule has 16 heavy (non-hydrogen) atoms. The van der Waals surface area contributed by atoms with Crippen LogP contribution in [-0.2, 0) is 0 Å². The topological polar surface area (TPSA) is 34.1 Å². The van der Waals surface area contributed by atoms with Crippen molar-refractivity contribution in [3.8, 4) is 5.75 Å². The molecule has 2 rings (SSSR count). The highest BCUT2D eigenvalue weighted by Gasteiger charge is 2.13. The largest absolute Gasteiger partial charge is 0.492 e. The molecule has 1 aliphatic rings.